The van der Waals surface area contributed by atoms with Gasteiger partial charge in [0.25, 0.3) is 0 Å². The molecule has 0 radical (unpaired) electrons. The topological polar surface area (TPSA) is 91.3 Å². The van der Waals surface area contributed by atoms with E-state index in [4.69, 9.17) is 5.11 Å². The zero-order valence-electron chi connectivity index (χ0n) is 18.0. The number of aromatic nitrogens is 1. The molecule has 3 aromatic rings. The highest BCUT2D eigenvalue weighted by atomic mass is 16.4. The molecule has 1 aliphatic heterocycles. The van der Waals surface area contributed by atoms with Crippen molar-refractivity contribution in [1.82, 2.24) is 10.3 Å². The molecule has 4 rings (SSSR count). The van der Waals surface area contributed by atoms with E-state index in [-0.39, 0.29) is 24.3 Å². The van der Waals surface area contributed by atoms with E-state index in [9.17, 15) is 9.59 Å². The Bertz CT molecular complexity index is 1110. The standard InChI is InChI=1S/C26H27N3O3/c1-17-9-10-18(15-24(30)31)14-20(17)11-13-28-25(19-6-3-2-4-7-19)21-16-23-22(29-26(21)32)8-5-12-27-23/h2-10,12,14,21,25,28H,11,13,15-16H2,1H3,(H,29,32)(H,30,31)/t21-,25+/m0/s1. The molecule has 2 heterocycles. The van der Waals surface area contributed by atoms with Crippen LogP contribution in [0.15, 0.2) is 66.9 Å². The Labute approximate surface area is 187 Å². The number of anilines is 1. The van der Waals surface area contributed by atoms with Gasteiger partial charge in [-0.3, -0.25) is 14.6 Å². The molecule has 0 aliphatic carbocycles. The number of carboxylic acid groups (broad SMARTS) is 1. The Morgan fingerprint density at radius 2 is 2.00 bits per heavy atom. The van der Waals surface area contributed by atoms with E-state index in [1.54, 1.807) is 6.20 Å². The molecule has 0 spiro atoms. The van der Waals surface area contributed by atoms with Crippen molar-refractivity contribution in [3.63, 3.8) is 0 Å². The van der Waals surface area contributed by atoms with Crippen LogP contribution in [0.4, 0.5) is 5.69 Å². The predicted molar refractivity (Wildman–Crippen MR) is 123 cm³/mol. The van der Waals surface area contributed by atoms with E-state index in [0.29, 0.717) is 13.0 Å². The molecule has 0 saturated carbocycles. The van der Waals surface area contributed by atoms with Crippen LogP contribution in [-0.4, -0.2) is 28.5 Å². The second-order valence-electron chi connectivity index (χ2n) is 8.22. The van der Waals surface area contributed by atoms with Crippen molar-refractivity contribution in [2.24, 2.45) is 5.92 Å². The molecule has 32 heavy (non-hydrogen) atoms. The minimum Gasteiger partial charge on any atom is -0.481 e. The van der Waals surface area contributed by atoms with Gasteiger partial charge in [-0.25, -0.2) is 0 Å². The summed E-state index contributed by atoms with van der Waals surface area (Å²) in [5.41, 5.74) is 5.79. The highest BCUT2D eigenvalue weighted by Gasteiger charge is 2.34. The van der Waals surface area contributed by atoms with Crippen molar-refractivity contribution >= 4 is 17.6 Å². The molecule has 1 amide bonds. The minimum atomic E-state index is -0.834. The molecule has 164 valence electrons. The lowest BCUT2D eigenvalue weighted by molar-refractivity contribution is -0.136. The molecule has 3 N–H and O–H groups in total. The smallest absolute Gasteiger partial charge is 0.307 e. The first-order valence-electron chi connectivity index (χ1n) is 10.8. The fourth-order valence-corrected chi connectivity index (χ4v) is 4.30. The number of nitrogens with zero attached hydrogens (tertiary/aromatic N) is 1. The Morgan fingerprint density at radius 1 is 1.19 bits per heavy atom. The lowest BCUT2D eigenvalue weighted by Gasteiger charge is -2.31. The number of aliphatic carboxylic acids is 1. The number of carboxylic acids is 1. The number of fused-ring (bicyclic) bond motifs is 1. The number of nitrogens with one attached hydrogen (secondary N) is 2. The zero-order chi connectivity index (χ0) is 22.5. The van der Waals surface area contributed by atoms with Gasteiger partial charge in [0.15, 0.2) is 0 Å². The first-order chi connectivity index (χ1) is 15.5. The summed E-state index contributed by atoms with van der Waals surface area (Å²) in [6.07, 6.45) is 3.08. The molecular weight excluding hydrogens is 402 g/mol. The van der Waals surface area contributed by atoms with Crippen molar-refractivity contribution in [3.05, 3.63) is 94.8 Å². The van der Waals surface area contributed by atoms with Gasteiger partial charge in [-0.15, -0.1) is 0 Å². The number of hydrogen-bond donors (Lipinski definition) is 3. The maximum Gasteiger partial charge on any atom is 0.307 e. The summed E-state index contributed by atoms with van der Waals surface area (Å²) in [6, 6.07) is 19.4. The average Bonchev–Trinajstić information content (AvgIpc) is 2.79. The Kier molecular flexibility index (Phi) is 6.61. The van der Waals surface area contributed by atoms with Crippen LogP contribution in [0.5, 0.6) is 0 Å². The fourth-order valence-electron chi connectivity index (χ4n) is 4.30. The van der Waals surface area contributed by atoms with Gasteiger partial charge in [0.1, 0.15) is 0 Å². The third kappa shape index (κ3) is 5.03. The van der Waals surface area contributed by atoms with Gasteiger partial charge in [0, 0.05) is 18.7 Å². The number of carbonyl (C=O) groups is 2. The molecular formula is C26H27N3O3. The number of hydrogen-bond acceptors (Lipinski definition) is 4. The van der Waals surface area contributed by atoms with E-state index in [1.807, 2.05) is 67.6 Å². The lowest BCUT2D eigenvalue weighted by atomic mass is 9.85. The normalized spacial score (nSPS) is 16.2. The van der Waals surface area contributed by atoms with Crippen LogP contribution in [0, 0.1) is 12.8 Å². The Hall–Kier alpha value is -3.51. The number of pyridine rings is 1. The molecule has 6 heteroatoms. The Morgan fingerprint density at radius 3 is 2.78 bits per heavy atom. The number of carbonyl (C=O) groups excluding carboxylic acids is 1. The molecule has 1 aliphatic rings. The second kappa shape index (κ2) is 9.75. The van der Waals surface area contributed by atoms with E-state index in [2.05, 4.69) is 15.6 Å². The van der Waals surface area contributed by atoms with Crippen LogP contribution in [0.1, 0.15) is 34.0 Å². The maximum absolute atomic E-state index is 13.0. The molecule has 0 fully saturated rings. The fraction of sp³-hybridized carbons (Fsp3) is 0.269. The van der Waals surface area contributed by atoms with Gasteiger partial charge >= 0.3 is 5.97 Å². The second-order valence-corrected chi connectivity index (χ2v) is 8.22. The quantitative estimate of drug-likeness (QED) is 0.508. The van der Waals surface area contributed by atoms with Gasteiger partial charge in [0.05, 0.1) is 23.7 Å². The molecule has 0 bridgehead atoms. The average molecular weight is 430 g/mol. The number of aryl methyl sites for hydroxylation is 1. The van der Waals surface area contributed by atoms with E-state index in [1.165, 1.54) is 0 Å². The summed E-state index contributed by atoms with van der Waals surface area (Å²) in [4.78, 5) is 28.5. The number of rotatable bonds is 8. The van der Waals surface area contributed by atoms with E-state index < -0.39 is 5.97 Å². The van der Waals surface area contributed by atoms with Gasteiger partial charge in [-0.05, 0) is 54.3 Å². The largest absolute Gasteiger partial charge is 0.481 e. The summed E-state index contributed by atoms with van der Waals surface area (Å²) in [6.45, 7) is 2.70. The van der Waals surface area contributed by atoms with Crippen molar-refractivity contribution in [2.75, 3.05) is 11.9 Å². The van der Waals surface area contributed by atoms with Crippen molar-refractivity contribution in [1.29, 1.82) is 0 Å². The monoisotopic (exact) mass is 429 g/mol. The lowest BCUT2D eigenvalue weighted by Crippen LogP contribution is -2.40. The van der Waals surface area contributed by atoms with Gasteiger partial charge < -0.3 is 15.7 Å². The summed E-state index contributed by atoms with van der Waals surface area (Å²) in [5, 5.41) is 15.7. The number of benzene rings is 2. The van der Waals surface area contributed by atoms with Crippen molar-refractivity contribution < 1.29 is 14.7 Å². The third-order valence-electron chi connectivity index (χ3n) is 5.99. The zero-order valence-corrected chi connectivity index (χ0v) is 18.0. The molecule has 1 aromatic heterocycles. The molecule has 0 unspecified atom stereocenters. The van der Waals surface area contributed by atoms with Crippen LogP contribution in [-0.2, 0) is 28.9 Å². The Balaban J connectivity index is 1.52. The van der Waals surface area contributed by atoms with Gasteiger partial charge in [0.2, 0.25) is 5.91 Å². The van der Waals surface area contributed by atoms with Crippen LogP contribution in [0.3, 0.4) is 0 Å². The van der Waals surface area contributed by atoms with Crippen molar-refractivity contribution in [2.45, 2.75) is 32.2 Å². The summed E-state index contributed by atoms with van der Waals surface area (Å²) < 4.78 is 0. The first-order valence-corrected chi connectivity index (χ1v) is 10.8. The van der Waals surface area contributed by atoms with Crippen LogP contribution in [0.25, 0.3) is 0 Å². The summed E-state index contributed by atoms with van der Waals surface area (Å²) in [7, 11) is 0. The van der Waals surface area contributed by atoms with Gasteiger partial charge in [-0.1, -0.05) is 48.5 Å². The minimum absolute atomic E-state index is 0.00788. The predicted octanol–water partition coefficient (Wildman–Crippen LogP) is 3.70. The van der Waals surface area contributed by atoms with Gasteiger partial charge in [-0.2, -0.15) is 0 Å². The molecule has 2 atom stereocenters. The molecule has 2 aromatic carbocycles. The van der Waals surface area contributed by atoms with E-state index >= 15 is 0 Å². The van der Waals surface area contributed by atoms with Crippen molar-refractivity contribution in [3.8, 4) is 0 Å². The van der Waals surface area contributed by atoms with Crippen LogP contribution >= 0.6 is 0 Å². The summed E-state index contributed by atoms with van der Waals surface area (Å²) in [5.74, 6) is -1.12. The SMILES string of the molecule is Cc1ccc(CC(=O)O)cc1CCN[C@H](c1ccccc1)[C@@H]1Cc2ncccc2NC1=O. The van der Waals surface area contributed by atoms with E-state index in [0.717, 1.165) is 40.1 Å². The maximum atomic E-state index is 13.0. The highest BCUT2D eigenvalue weighted by Crippen LogP contribution is 2.32. The van der Waals surface area contributed by atoms with Crippen LogP contribution < -0.4 is 10.6 Å². The molecule has 0 saturated heterocycles. The third-order valence-corrected chi connectivity index (χ3v) is 5.99. The molecule has 6 nitrogen and oxygen atoms in total. The number of amides is 1. The first kappa shape index (κ1) is 21.7. The highest BCUT2D eigenvalue weighted by molar-refractivity contribution is 5.95. The summed E-state index contributed by atoms with van der Waals surface area (Å²) >= 11 is 0. The van der Waals surface area contributed by atoms with Crippen LogP contribution in [0.2, 0.25) is 0 Å².